The van der Waals surface area contributed by atoms with Crippen molar-refractivity contribution in [2.45, 2.75) is 0 Å². The summed E-state index contributed by atoms with van der Waals surface area (Å²) in [4.78, 5) is 12.8. The summed E-state index contributed by atoms with van der Waals surface area (Å²) < 4.78 is 2.52. The summed E-state index contributed by atoms with van der Waals surface area (Å²) in [5.41, 5.74) is 0.279. The maximum Gasteiger partial charge on any atom is 0.207 e. The first kappa shape index (κ1) is 12.5. The monoisotopic (exact) mass is 330 g/mol. The van der Waals surface area contributed by atoms with E-state index in [-0.39, 0.29) is 11.5 Å². The summed E-state index contributed by atoms with van der Waals surface area (Å²) in [7, 11) is 1.72. The lowest BCUT2D eigenvalue weighted by molar-refractivity contribution is 0.104. The van der Waals surface area contributed by atoms with Gasteiger partial charge in [0.1, 0.15) is 0 Å². The third-order valence-electron chi connectivity index (χ3n) is 2.00. The second-order valence-corrected chi connectivity index (χ2v) is 5.63. The fraction of sp³-hybridized carbons (Fsp3) is 0.0909. The highest BCUT2D eigenvalue weighted by atomic mass is 79.9. The molecule has 0 aliphatic rings. The van der Waals surface area contributed by atoms with E-state index in [1.54, 1.807) is 30.7 Å². The van der Waals surface area contributed by atoms with E-state index in [9.17, 15) is 4.79 Å². The van der Waals surface area contributed by atoms with Crippen LogP contribution in [-0.4, -0.2) is 15.6 Å². The van der Waals surface area contributed by atoms with Gasteiger partial charge in [-0.25, -0.2) is 0 Å². The Labute approximate surface area is 116 Å². The molecule has 88 valence electrons. The molecule has 0 aliphatic heterocycles. The van der Waals surface area contributed by atoms with Gasteiger partial charge in [-0.3, -0.25) is 9.48 Å². The number of carbonyl (C=O) groups is 1. The maximum atomic E-state index is 11.8. The normalized spacial score (nSPS) is 11.2. The summed E-state index contributed by atoms with van der Waals surface area (Å²) in [6, 6.07) is 1.94. The van der Waals surface area contributed by atoms with Crippen molar-refractivity contribution < 1.29 is 4.79 Å². The van der Waals surface area contributed by atoms with Crippen molar-refractivity contribution in [2.75, 3.05) is 0 Å². The van der Waals surface area contributed by atoms with Crippen LogP contribution in [0.3, 0.4) is 0 Å². The number of ketones is 1. The molecule has 0 N–H and O–H groups in total. The van der Waals surface area contributed by atoms with Gasteiger partial charge in [-0.1, -0.05) is 11.6 Å². The van der Waals surface area contributed by atoms with Crippen molar-refractivity contribution >= 4 is 50.7 Å². The van der Waals surface area contributed by atoms with Crippen LogP contribution in [0.2, 0.25) is 5.02 Å². The summed E-state index contributed by atoms with van der Waals surface area (Å²) in [5.74, 6) is -0.194. The number of aromatic nitrogens is 2. The number of aryl methyl sites for hydroxylation is 1. The summed E-state index contributed by atoms with van der Waals surface area (Å²) in [6.45, 7) is 0. The number of carbonyl (C=O) groups excluding carboxylic acids is 1. The van der Waals surface area contributed by atoms with E-state index in [2.05, 4.69) is 21.0 Å². The van der Waals surface area contributed by atoms with E-state index >= 15 is 0 Å². The number of hydrogen-bond donors (Lipinski definition) is 0. The maximum absolute atomic E-state index is 11.8. The first-order valence-electron chi connectivity index (χ1n) is 4.72. The van der Waals surface area contributed by atoms with Gasteiger partial charge in [-0.05, 0) is 34.1 Å². The number of nitrogens with zero attached hydrogens (tertiary/aromatic N) is 2. The Bertz CT molecular complexity index is 588. The Morgan fingerprint density at radius 1 is 1.65 bits per heavy atom. The SMILES string of the molecule is Cn1cc(Cl)c(C(=O)/C=C/c2cc(Br)cs2)n1. The summed E-state index contributed by atoms with van der Waals surface area (Å²) >= 11 is 10.8. The fourth-order valence-electron chi connectivity index (χ4n) is 1.28. The average Bonchev–Trinajstić information content (AvgIpc) is 2.81. The number of halogens is 2. The van der Waals surface area contributed by atoms with Crippen LogP contribution in [0.5, 0.6) is 0 Å². The van der Waals surface area contributed by atoms with Crippen LogP contribution in [0.1, 0.15) is 15.4 Å². The van der Waals surface area contributed by atoms with E-state index < -0.39 is 0 Å². The van der Waals surface area contributed by atoms with Gasteiger partial charge in [-0.2, -0.15) is 5.10 Å². The van der Waals surface area contributed by atoms with Crippen molar-refractivity contribution in [2.24, 2.45) is 7.05 Å². The molecule has 0 radical (unpaired) electrons. The molecule has 0 bridgehead atoms. The van der Waals surface area contributed by atoms with Gasteiger partial charge < -0.3 is 0 Å². The van der Waals surface area contributed by atoms with Crippen molar-refractivity contribution in [1.29, 1.82) is 0 Å². The van der Waals surface area contributed by atoms with Crippen molar-refractivity contribution in [1.82, 2.24) is 9.78 Å². The largest absolute Gasteiger partial charge is 0.287 e. The lowest BCUT2D eigenvalue weighted by Crippen LogP contribution is -1.98. The number of thiophene rings is 1. The van der Waals surface area contributed by atoms with Crippen LogP contribution < -0.4 is 0 Å². The van der Waals surface area contributed by atoms with Gasteiger partial charge in [0.05, 0.1) is 5.02 Å². The van der Waals surface area contributed by atoms with Crippen LogP contribution in [0.4, 0.5) is 0 Å². The van der Waals surface area contributed by atoms with E-state index in [0.29, 0.717) is 5.02 Å². The van der Waals surface area contributed by atoms with E-state index in [4.69, 9.17) is 11.6 Å². The molecular weight excluding hydrogens is 324 g/mol. The minimum Gasteiger partial charge on any atom is -0.287 e. The second-order valence-electron chi connectivity index (χ2n) is 3.36. The summed E-state index contributed by atoms with van der Waals surface area (Å²) in [6.07, 6.45) is 4.83. The molecule has 0 unspecified atom stereocenters. The molecule has 17 heavy (non-hydrogen) atoms. The van der Waals surface area contributed by atoms with Crippen LogP contribution in [-0.2, 0) is 7.05 Å². The molecular formula is C11H8BrClN2OS. The van der Waals surface area contributed by atoms with Gasteiger partial charge in [0, 0.05) is 28.0 Å². The Kier molecular flexibility index (Phi) is 3.81. The molecule has 0 aromatic carbocycles. The molecule has 2 rings (SSSR count). The van der Waals surface area contributed by atoms with Crippen molar-refractivity contribution in [3.05, 3.63) is 43.8 Å². The number of hydrogen-bond acceptors (Lipinski definition) is 3. The van der Waals surface area contributed by atoms with Crippen LogP contribution in [0.25, 0.3) is 6.08 Å². The highest BCUT2D eigenvalue weighted by Gasteiger charge is 2.11. The zero-order chi connectivity index (χ0) is 12.4. The molecule has 0 saturated heterocycles. The Balaban J connectivity index is 2.17. The molecule has 0 spiro atoms. The third kappa shape index (κ3) is 3.06. The van der Waals surface area contributed by atoms with Crippen LogP contribution >= 0.6 is 38.9 Å². The topological polar surface area (TPSA) is 34.9 Å². The number of rotatable bonds is 3. The predicted octanol–water partition coefficient (Wildman–Crippen LogP) is 3.79. The molecule has 2 heterocycles. The molecule has 6 heteroatoms. The fourth-order valence-corrected chi connectivity index (χ4v) is 2.89. The van der Waals surface area contributed by atoms with E-state index in [1.165, 1.54) is 10.8 Å². The molecule has 0 aliphatic carbocycles. The molecule has 2 aromatic rings. The van der Waals surface area contributed by atoms with Crippen molar-refractivity contribution in [3.8, 4) is 0 Å². The Hall–Kier alpha value is -0.910. The predicted molar refractivity (Wildman–Crippen MR) is 73.6 cm³/mol. The molecule has 2 aromatic heterocycles. The molecule has 3 nitrogen and oxygen atoms in total. The van der Waals surface area contributed by atoms with E-state index in [0.717, 1.165) is 9.35 Å². The lowest BCUT2D eigenvalue weighted by atomic mass is 10.2. The van der Waals surface area contributed by atoms with E-state index in [1.807, 2.05) is 11.4 Å². The smallest absolute Gasteiger partial charge is 0.207 e. The summed E-state index contributed by atoms with van der Waals surface area (Å²) in [5, 5.41) is 6.33. The second kappa shape index (κ2) is 5.16. The molecule has 0 amide bonds. The standard InChI is InChI=1S/C11H8BrClN2OS/c1-15-5-9(13)11(14-15)10(16)3-2-8-4-7(12)6-17-8/h2-6H,1H3/b3-2+. The van der Waals surface area contributed by atoms with Crippen molar-refractivity contribution in [3.63, 3.8) is 0 Å². The minimum atomic E-state index is -0.194. The first-order valence-corrected chi connectivity index (χ1v) is 6.77. The Morgan fingerprint density at radius 3 is 2.94 bits per heavy atom. The van der Waals surface area contributed by atoms with Gasteiger partial charge in [0.15, 0.2) is 5.69 Å². The molecule has 0 fully saturated rings. The van der Waals surface area contributed by atoms with Gasteiger partial charge in [-0.15, -0.1) is 11.3 Å². The lowest BCUT2D eigenvalue weighted by Gasteiger charge is -1.89. The minimum absolute atomic E-state index is 0.194. The van der Waals surface area contributed by atoms with Crippen LogP contribution in [0.15, 0.2) is 28.2 Å². The zero-order valence-electron chi connectivity index (χ0n) is 8.85. The highest BCUT2D eigenvalue weighted by molar-refractivity contribution is 9.10. The van der Waals surface area contributed by atoms with Gasteiger partial charge in [0.25, 0.3) is 0 Å². The third-order valence-corrected chi connectivity index (χ3v) is 3.94. The highest BCUT2D eigenvalue weighted by Crippen LogP contribution is 2.21. The average molecular weight is 332 g/mol. The van der Waals surface area contributed by atoms with Gasteiger partial charge >= 0.3 is 0 Å². The molecule has 0 atom stereocenters. The zero-order valence-corrected chi connectivity index (χ0v) is 12.0. The van der Waals surface area contributed by atoms with Gasteiger partial charge in [0.2, 0.25) is 5.78 Å². The Morgan fingerprint density at radius 2 is 2.41 bits per heavy atom. The first-order chi connectivity index (χ1) is 8.06. The molecule has 0 saturated carbocycles. The number of allylic oxidation sites excluding steroid dienone is 1. The van der Waals surface area contributed by atoms with Crippen LogP contribution in [0, 0.1) is 0 Å². The quantitative estimate of drug-likeness (QED) is 0.633.